The molecule has 1 aromatic carbocycles. The first kappa shape index (κ1) is 17.2. The van der Waals surface area contributed by atoms with Crippen molar-refractivity contribution in [1.29, 1.82) is 0 Å². The van der Waals surface area contributed by atoms with Gasteiger partial charge in [-0.2, -0.15) is 0 Å². The van der Waals surface area contributed by atoms with E-state index >= 15 is 0 Å². The monoisotopic (exact) mass is 373 g/mol. The molecule has 2 aromatic rings. The zero-order valence-corrected chi connectivity index (χ0v) is 13.7. The van der Waals surface area contributed by atoms with Gasteiger partial charge in [0.1, 0.15) is 15.8 Å². The minimum absolute atomic E-state index is 0.0346. The maximum Gasteiger partial charge on any atom is 0.356 e. The number of carboxylic acids is 1. The van der Waals surface area contributed by atoms with Crippen LogP contribution >= 0.6 is 34.8 Å². The number of aromatic carboxylic acids is 1. The zero-order valence-electron chi connectivity index (χ0n) is 11.4. The number of nitrogens with zero attached hydrogens (tertiary/aromatic N) is 1. The van der Waals surface area contributed by atoms with Crippen molar-refractivity contribution in [3.63, 3.8) is 0 Å². The van der Waals surface area contributed by atoms with E-state index < -0.39 is 11.7 Å². The van der Waals surface area contributed by atoms with Crippen LogP contribution in [0.1, 0.15) is 16.1 Å². The summed E-state index contributed by atoms with van der Waals surface area (Å²) in [6.07, 6.45) is 0. The van der Waals surface area contributed by atoms with Crippen molar-refractivity contribution in [2.45, 2.75) is 0 Å². The van der Waals surface area contributed by atoms with Crippen molar-refractivity contribution in [2.75, 3.05) is 5.43 Å². The molecule has 0 saturated carbocycles. The first-order valence-corrected chi connectivity index (χ1v) is 7.22. The summed E-state index contributed by atoms with van der Waals surface area (Å²) in [6, 6.07) is 6.26. The number of rotatable bonds is 5. The van der Waals surface area contributed by atoms with Crippen molar-refractivity contribution < 1.29 is 15.0 Å². The first-order valence-electron chi connectivity index (χ1n) is 6.09. The fourth-order valence-corrected chi connectivity index (χ4v) is 2.31. The Bertz CT molecular complexity index is 779. The Morgan fingerprint density at radius 2 is 1.74 bits per heavy atom. The standard InChI is InChI=1S/C14H10Cl3N3O3/c1-6(7-2-4-8(21)5-3-7)19-20-11-9(15)12(14(22)23)18-13(17)10(11)16/h2-5,19,21H,1H2,(H,18,20)(H,22,23). The lowest BCUT2D eigenvalue weighted by atomic mass is 10.2. The molecule has 0 atom stereocenters. The highest BCUT2D eigenvalue weighted by Gasteiger charge is 2.20. The summed E-state index contributed by atoms with van der Waals surface area (Å²) in [5.41, 5.74) is 6.15. The summed E-state index contributed by atoms with van der Waals surface area (Å²) in [6.45, 7) is 3.80. The zero-order chi connectivity index (χ0) is 17.1. The van der Waals surface area contributed by atoms with Crippen molar-refractivity contribution in [2.24, 2.45) is 0 Å². The largest absolute Gasteiger partial charge is 0.508 e. The number of hydrogen-bond donors (Lipinski definition) is 4. The summed E-state index contributed by atoms with van der Waals surface area (Å²) in [5.74, 6) is -1.22. The second-order valence-corrected chi connectivity index (χ2v) is 5.45. The second-order valence-electron chi connectivity index (χ2n) is 4.33. The summed E-state index contributed by atoms with van der Waals surface area (Å²) in [7, 11) is 0. The third kappa shape index (κ3) is 3.79. The number of aromatic hydroxyl groups is 1. The van der Waals surface area contributed by atoms with Gasteiger partial charge in [0.15, 0.2) is 10.8 Å². The molecule has 0 aliphatic rings. The molecule has 0 aliphatic carbocycles. The Morgan fingerprint density at radius 1 is 1.13 bits per heavy atom. The van der Waals surface area contributed by atoms with Crippen LogP contribution in [0.25, 0.3) is 5.70 Å². The average Bonchev–Trinajstić information content (AvgIpc) is 2.51. The van der Waals surface area contributed by atoms with E-state index in [1.165, 1.54) is 12.1 Å². The Balaban J connectivity index is 2.25. The van der Waals surface area contributed by atoms with Crippen LogP contribution in [0.15, 0.2) is 30.8 Å². The molecule has 0 fully saturated rings. The van der Waals surface area contributed by atoms with Crippen molar-refractivity contribution in [3.8, 4) is 5.75 Å². The number of anilines is 1. The van der Waals surface area contributed by atoms with E-state index in [4.69, 9.17) is 39.9 Å². The number of aromatic nitrogens is 1. The van der Waals surface area contributed by atoms with Crippen LogP contribution in [0, 0.1) is 0 Å². The molecule has 1 heterocycles. The predicted octanol–water partition coefficient (Wildman–Crippen LogP) is 4.03. The van der Waals surface area contributed by atoms with Gasteiger partial charge in [0.2, 0.25) is 0 Å². The first-order chi connectivity index (χ1) is 10.8. The molecule has 0 amide bonds. The molecule has 4 N–H and O–H groups in total. The quantitative estimate of drug-likeness (QED) is 0.466. The fraction of sp³-hybridized carbons (Fsp3) is 0. The van der Waals surface area contributed by atoms with Crippen LogP contribution < -0.4 is 10.9 Å². The molecule has 0 spiro atoms. The lowest BCUT2D eigenvalue weighted by Crippen LogP contribution is -2.21. The highest BCUT2D eigenvalue weighted by atomic mass is 35.5. The van der Waals surface area contributed by atoms with Gasteiger partial charge in [-0.25, -0.2) is 9.78 Å². The third-order valence-electron chi connectivity index (χ3n) is 2.79. The number of carbonyl (C=O) groups is 1. The summed E-state index contributed by atoms with van der Waals surface area (Å²) in [5, 5.41) is 17.9. The minimum atomic E-state index is -1.34. The molecular formula is C14H10Cl3N3O3. The molecule has 0 saturated heterocycles. The molecular weight excluding hydrogens is 365 g/mol. The van der Waals surface area contributed by atoms with Crippen molar-refractivity contribution >= 4 is 52.2 Å². The van der Waals surface area contributed by atoms with Gasteiger partial charge < -0.3 is 15.6 Å². The molecule has 9 heteroatoms. The smallest absolute Gasteiger partial charge is 0.356 e. The molecule has 120 valence electrons. The molecule has 0 radical (unpaired) electrons. The summed E-state index contributed by atoms with van der Waals surface area (Å²) in [4.78, 5) is 14.7. The number of halogens is 3. The lowest BCUT2D eigenvalue weighted by molar-refractivity contribution is 0.0691. The van der Waals surface area contributed by atoms with Gasteiger partial charge >= 0.3 is 5.97 Å². The number of hydrazine groups is 1. The SMILES string of the molecule is C=C(NNc1c(Cl)c(Cl)nc(C(=O)O)c1Cl)c1ccc(O)cc1. The molecule has 0 unspecified atom stereocenters. The van der Waals surface area contributed by atoms with Gasteiger partial charge in [-0.05, 0) is 29.8 Å². The molecule has 0 aliphatic heterocycles. The Kier molecular flexibility index (Phi) is 5.20. The normalized spacial score (nSPS) is 10.2. The minimum Gasteiger partial charge on any atom is -0.508 e. The number of benzene rings is 1. The Hall–Kier alpha value is -2.15. The van der Waals surface area contributed by atoms with Gasteiger partial charge in [0.05, 0.1) is 11.4 Å². The highest BCUT2D eigenvalue weighted by molar-refractivity contribution is 6.46. The molecule has 6 nitrogen and oxygen atoms in total. The number of phenolic OH excluding ortho intramolecular Hbond substituents is 1. The number of hydrogen-bond acceptors (Lipinski definition) is 5. The highest BCUT2D eigenvalue weighted by Crippen LogP contribution is 2.36. The van der Waals surface area contributed by atoms with Gasteiger partial charge in [-0.3, -0.25) is 5.43 Å². The van der Waals surface area contributed by atoms with Crippen LogP contribution in [-0.4, -0.2) is 21.2 Å². The average molecular weight is 375 g/mol. The van der Waals surface area contributed by atoms with Gasteiger partial charge in [0, 0.05) is 0 Å². The Morgan fingerprint density at radius 3 is 2.30 bits per heavy atom. The van der Waals surface area contributed by atoms with E-state index in [2.05, 4.69) is 22.4 Å². The number of phenols is 1. The number of carboxylic acid groups (broad SMARTS) is 1. The van der Waals surface area contributed by atoms with E-state index in [1.54, 1.807) is 12.1 Å². The second kappa shape index (κ2) is 6.95. The van der Waals surface area contributed by atoms with E-state index in [9.17, 15) is 9.90 Å². The lowest BCUT2D eigenvalue weighted by Gasteiger charge is -2.16. The van der Waals surface area contributed by atoms with Crippen molar-refractivity contribution in [1.82, 2.24) is 10.4 Å². The molecule has 23 heavy (non-hydrogen) atoms. The third-order valence-corrected chi connectivity index (χ3v) is 3.90. The topological polar surface area (TPSA) is 94.5 Å². The molecule has 1 aromatic heterocycles. The van der Waals surface area contributed by atoms with E-state index in [-0.39, 0.29) is 26.6 Å². The molecule has 0 bridgehead atoms. The van der Waals surface area contributed by atoms with E-state index in [0.717, 1.165) is 0 Å². The van der Waals surface area contributed by atoms with Gasteiger partial charge in [-0.1, -0.05) is 41.4 Å². The van der Waals surface area contributed by atoms with Crippen LogP contribution in [0.5, 0.6) is 5.75 Å². The van der Waals surface area contributed by atoms with E-state index in [0.29, 0.717) is 11.3 Å². The van der Waals surface area contributed by atoms with Gasteiger partial charge in [0.25, 0.3) is 0 Å². The molecule has 2 rings (SSSR count). The number of pyridine rings is 1. The Labute approximate surface area is 146 Å². The van der Waals surface area contributed by atoms with Crippen LogP contribution in [0.3, 0.4) is 0 Å². The van der Waals surface area contributed by atoms with Crippen molar-refractivity contribution in [3.05, 3.63) is 57.3 Å². The maximum atomic E-state index is 11.1. The summed E-state index contributed by atoms with van der Waals surface area (Å²) < 4.78 is 0. The maximum absolute atomic E-state index is 11.1. The number of nitrogens with one attached hydrogen (secondary N) is 2. The van der Waals surface area contributed by atoms with Gasteiger partial charge in [-0.15, -0.1) is 0 Å². The predicted molar refractivity (Wildman–Crippen MR) is 90.1 cm³/mol. The fourth-order valence-electron chi connectivity index (χ4n) is 1.64. The van der Waals surface area contributed by atoms with Crippen LogP contribution in [0.4, 0.5) is 5.69 Å². The summed E-state index contributed by atoms with van der Waals surface area (Å²) >= 11 is 17.8. The van der Waals surface area contributed by atoms with Crippen LogP contribution in [0.2, 0.25) is 15.2 Å². The van der Waals surface area contributed by atoms with Crippen LogP contribution in [-0.2, 0) is 0 Å². The van der Waals surface area contributed by atoms with E-state index in [1.807, 2.05) is 0 Å².